The lowest BCUT2D eigenvalue weighted by Crippen LogP contribution is -2.15. The molecule has 1 rings (SSSR count). The Morgan fingerprint density at radius 2 is 2.10 bits per heavy atom. The fraction of sp³-hybridized carbons (Fsp3) is 0.412. The second-order valence-electron chi connectivity index (χ2n) is 4.64. The smallest absolute Gasteiger partial charge is 0.438 e. The van der Waals surface area contributed by atoms with Crippen LogP contribution in [0.15, 0.2) is 48.0 Å². The van der Waals surface area contributed by atoms with E-state index in [4.69, 9.17) is 4.74 Å². The standard InChI is InChI=1S/C17H23NO3/c1-3-16(21-17(19)20-2)12-8-5-9-13-18-14-15-10-6-4-7-11-15/h3-4,6-7,10-11,13,16H,1,5,8-9,12,14H2,2H3. The Bertz CT molecular complexity index is 443. The molecule has 0 radical (unpaired) electrons. The Morgan fingerprint density at radius 3 is 2.76 bits per heavy atom. The van der Waals surface area contributed by atoms with E-state index >= 15 is 0 Å². The zero-order valence-electron chi connectivity index (χ0n) is 12.5. The molecule has 0 aromatic heterocycles. The van der Waals surface area contributed by atoms with Crippen LogP contribution in [0.1, 0.15) is 31.2 Å². The number of carbonyl (C=O) groups is 1. The average Bonchev–Trinajstić information content (AvgIpc) is 2.53. The molecule has 0 bridgehead atoms. The van der Waals surface area contributed by atoms with Crippen molar-refractivity contribution >= 4 is 12.4 Å². The Morgan fingerprint density at radius 1 is 1.33 bits per heavy atom. The van der Waals surface area contributed by atoms with Gasteiger partial charge in [-0.1, -0.05) is 43.0 Å². The van der Waals surface area contributed by atoms with Crippen LogP contribution in [0.2, 0.25) is 0 Å². The molecular formula is C17H23NO3. The van der Waals surface area contributed by atoms with Crippen LogP contribution < -0.4 is 0 Å². The highest BCUT2D eigenvalue weighted by Gasteiger charge is 2.09. The van der Waals surface area contributed by atoms with Gasteiger partial charge in [0.2, 0.25) is 0 Å². The average molecular weight is 289 g/mol. The van der Waals surface area contributed by atoms with Crippen molar-refractivity contribution in [2.75, 3.05) is 7.11 Å². The minimum absolute atomic E-state index is 0.279. The van der Waals surface area contributed by atoms with E-state index in [1.807, 2.05) is 24.4 Å². The van der Waals surface area contributed by atoms with Crippen LogP contribution in [0.5, 0.6) is 0 Å². The first-order chi connectivity index (χ1) is 10.3. The molecule has 0 amide bonds. The van der Waals surface area contributed by atoms with Gasteiger partial charge in [-0.2, -0.15) is 0 Å². The summed E-state index contributed by atoms with van der Waals surface area (Å²) in [6.45, 7) is 4.37. The second kappa shape index (κ2) is 10.7. The molecule has 0 aliphatic heterocycles. The van der Waals surface area contributed by atoms with E-state index in [1.165, 1.54) is 12.7 Å². The van der Waals surface area contributed by atoms with Crippen molar-refractivity contribution in [3.8, 4) is 0 Å². The molecule has 1 aromatic carbocycles. The fourth-order valence-corrected chi connectivity index (χ4v) is 1.82. The lowest BCUT2D eigenvalue weighted by molar-refractivity contribution is 0.0494. The zero-order chi connectivity index (χ0) is 15.3. The maximum absolute atomic E-state index is 11.0. The third kappa shape index (κ3) is 7.92. The van der Waals surface area contributed by atoms with Gasteiger partial charge in [0.25, 0.3) is 0 Å². The predicted octanol–water partition coefficient (Wildman–Crippen LogP) is 4.16. The number of hydrogen-bond donors (Lipinski definition) is 0. The number of unbranched alkanes of at least 4 members (excludes halogenated alkanes) is 2. The van der Waals surface area contributed by atoms with E-state index in [-0.39, 0.29) is 6.10 Å². The minimum atomic E-state index is -0.663. The lowest BCUT2D eigenvalue weighted by atomic mass is 10.1. The number of benzene rings is 1. The van der Waals surface area contributed by atoms with Crippen molar-refractivity contribution in [1.29, 1.82) is 0 Å². The highest BCUT2D eigenvalue weighted by Crippen LogP contribution is 2.08. The lowest BCUT2D eigenvalue weighted by Gasteiger charge is -2.12. The molecule has 1 atom stereocenters. The first-order valence-corrected chi connectivity index (χ1v) is 7.15. The number of carbonyl (C=O) groups excluding carboxylic acids is 1. The van der Waals surface area contributed by atoms with Crippen molar-refractivity contribution < 1.29 is 14.3 Å². The van der Waals surface area contributed by atoms with Gasteiger partial charge in [-0.15, -0.1) is 0 Å². The predicted molar refractivity (Wildman–Crippen MR) is 84.6 cm³/mol. The van der Waals surface area contributed by atoms with Crippen molar-refractivity contribution in [2.24, 2.45) is 4.99 Å². The van der Waals surface area contributed by atoms with Crippen molar-refractivity contribution in [3.63, 3.8) is 0 Å². The van der Waals surface area contributed by atoms with Crippen LogP contribution in [0.3, 0.4) is 0 Å². The number of rotatable bonds is 9. The molecule has 0 aliphatic rings. The normalized spacial score (nSPS) is 12.0. The van der Waals surface area contributed by atoms with Crippen LogP contribution in [0.4, 0.5) is 4.79 Å². The largest absolute Gasteiger partial charge is 0.508 e. The zero-order valence-corrected chi connectivity index (χ0v) is 12.5. The Kier molecular flexibility index (Phi) is 8.61. The summed E-state index contributed by atoms with van der Waals surface area (Å²) in [5.41, 5.74) is 1.21. The monoisotopic (exact) mass is 289 g/mol. The summed E-state index contributed by atoms with van der Waals surface area (Å²) in [6.07, 6.45) is 6.28. The third-order valence-electron chi connectivity index (χ3n) is 2.99. The van der Waals surface area contributed by atoms with Crippen molar-refractivity contribution in [3.05, 3.63) is 48.6 Å². The third-order valence-corrected chi connectivity index (χ3v) is 2.99. The Labute approximate surface area is 126 Å². The first-order valence-electron chi connectivity index (χ1n) is 7.15. The van der Waals surface area contributed by atoms with Gasteiger partial charge in [0, 0.05) is 0 Å². The van der Waals surface area contributed by atoms with Gasteiger partial charge < -0.3 is 9.47 Å². The van der Waals surface area contributed by atoms with E-state index < -0.39 is 6.16 Å². The minimum Gasteiger partial charge on any atom is -0.438 e. The molecule has 0 N–H and O–H groups in total. The van der Waals surface area contributed by atoms with Gasteiger partial charge in [-0.3, -0.25) is 4.99 Å². The van der Waals surface area contributed by atoms with Gasteiger partial charge >= 0.3 is 6.16 Å². The molecule has 0 heterocycles. The van der Waals surface area contributed by atoms with E-state index in [0.29, 0.717) is 0 Å². The van der Waals surface area contributed by atoms with Gasteiger partial charge in [-0.25, -0.2) is 4.79 Å². The summed E-state index contributed by atoms with van der Waals surface area (Å²) in [5, 5.41) is 0. The summed E-state index contributed by atoms with van der Waals surface area (Å²) in [7, 11) is 1.30. The number of ether oxygens (including phenoxy) is 2. The van der Waals surface area contributed by atoms with Crippen LogP contribution in [-0.4, -0.2) is 25.6 Å². The number of nitrogens with zero attached hydrogens (tertiary/aromatic N) is 1. The highest BCUT2D eigenvalue weighted by atomic mass is 16.7. The molecule has 0 aliphatic carbocycles. The first kappa shape index (κ1) is 17.0. The molecule has 0 spiro atoms. The molecule has 0 saturated carbocycles. The maximum atomic E-state index is 11.0. The number of hydrogen-bond acceptors (Lipinski definition) is 4. The molecular weight excluding hydrogens is 266 g/mol. The molecule has 0 fully saturated rings. The summed E-state index contributed by atoms with van der Waals surface area (Å²) >= 11 is 0. The van der Waals surface area contributed by atoms with Crippen molar-refractivity contribution in [2.45, 2.75) is 38.3 Å². The number of methoxy groups -OCH3 is 1. The van der Waals surface area contributed by atoms with Crippen LogP contribution >= 0.6 is 0 Å². The van der Waals surface area contributed by atoms with Crippen molar-refractivity contribution in [1.82, 2.24) is 0 Å². The van der Waals surface area contributed by atoms with E-state index in [9.17, 15) is 4.79 Å². The van der Waals surface area contributed by atoms with Gasteiger partial charge in [0.15, 0.2) is 0 Å². The van der Waals surface area contributed by atoms with E-state index in [1.54, 1.807) is 6.08 Å². The molecule has 1 unspecified atom stereocenters. The quantitative estimate of drug-likeness (QED) is 0.297. The molecule has 1 aromatic rings. The second-order valence-corrected chi connectivity index (χ2v) is 4.64. The SMILES string of the molecule is C=CC(CCCCC=NCc1ccccc1)OC(=O)OC. The summed E-state index contributed by atoms with van der Waals surface area (Å²) in [6, 6.07) is 10.2. The maximum Gasteiger partial charge on any atom is 0.508 e. The van der Waals surface area contributed by atoms with Crippen LogP contribution in [0, 0.1) is 0 Å². The molecule has 4 nitrogen and oxygen atoms in total. The van der Waals surface area contributed by atoms with E-state index in [2.05, 4.69) is 28.4 Å². The molecule has 21 heavy (non-hydrogen) atoms. The van der Waals surface area contributed by atoms with Crippen LogP contribution in [-0.2, 0) is 16.0 Å². The van der Waals surface area contributed by atoms with E-state index in [0.717, 1.165) is 32.2 Å². The van der Waals surface area contributed by atoms with Gasteiger partial charge in [-0.05, 0) is 37.5 Å². The van der Waals surface area contributed by atoms with Gasteiger partial charge in [0.05, 0.1) is 13.7 Å². The summed E-state index contributed by atoms with van der Waals surface area (Å²) in [5.74, 6) is 0. The Hall–Kier alpha value is -2.10. The number of aliphatic imine (C=N–C) groups is 1. The Balaban J connectivity index is 2.10. The van der Waals surface area contributed by atoms with Crippen LogP contribution in [0.25, 0.3) is 0 Å². The molecule has 114 valence electrons. The molecule has 0 saturated heterocycles. The molecule has 4 heteroatoms. The van der Waals surface area contributed by atoms with Gasteiger partial charge in [0.1, 0.15) is 6.10 Å². The topological polar surface area (TPSA) is 47.9 Å². The highest BCUT2D eigenvalue weighted by molar-refractivity contribution is 5.60. The summed E-state index contributed by atoms with van der Waals surface area (Å²) < 4.78 is 9.48. The fourth-order valence-electron chi connectivity index (χ4n) is 1.82. The summed E-state index contributed by atoms with van der Waals surface area (Å²) in [4.78, 5) is 15.4.